The average molecular weight is 300 g/mol. The number of allylic oxidation sites excluding steroid dienone is 2. The lowest BCUT2D eigenvalue weighted by atomic mass is 10.3. The number of rotatable bonds is 5. The number of carbonyl (C=O) groups excluding carboxylic acids is 2. The number of carbonyl (C=O) groups is 2. The summed E-state index contributed by atoms with van der Waals surface area (Å²) < 4.78 is 0. The fourth-order valence-corrected chi connectivity index (χ4v) is 2.21. The molecule has 1 aromatic rings. The van der Waals surface area contributed by atoms with Crippen LogP contribution in [0.15, 0.2) is 34.9 Å². The van der Waals surface area contributed by atoms with Crippen molar-refractivity contribution in [1.29, 1.82) is 0 Å². The zero-order valence-electron chi connectivity index (χ0n) is 10.6. The van der Waals surface area contributed by atoms with Crippen LogP contribution < -0.4 is 5.32 Å². The van der Waals surface area contributed by atoms with Crippen molar-refractivity contribution in [2.75, 3.05) is 11.1 Å². The molecule has 1 aromatic carbocycles. The van der Waals surface area contributed by atoms with Gasteiger partial charge in [-0.2, -0.15) is 0 Å². The van der Waals surface area contributed by atoms with Gasteiger partial charge in [-0.25, -0.2) is 0 Å². The highest BCUT2D eigenvalue weighted by molar-refractivity contribution is 8.04. The minimum Gasteiger partial charge on any atom is -0.511 e. The summed E-state index contributed by atoms with van der Waals surface area (Å²) in [7, 11) is 0. The largest absolute Gasteiger partial charge is 0.511 e. The van der Waals surface area contributed by atoms with Gasteiger partial charge in [0.1, 0.15) is 5.76 Å². The third-order valence-electron chi connectivity index (χ3n) is 2.12. The maximum atomic E-state index is 11.7. The minimum absolute atomic E-state index is 0.0510. The molecule has 2 N–H and O–H groups in total. The maximum absolute atomic E-state index is 11.7. The Balaban J connectivity index is 2.55. The van der Waals surface area contributed by atoms with Crippen molar-refractivity contribution < 1.29 is 14.7 Å². The Labute approximate surface area is 120 Å². The lowest BCUT2D eigenvalue weighted by Crippen LogP contribution is -2.15. The zero-order chi connectivity index (χ0) is 14.4. The number of hydrogen-bond donors (Lipinski definition) is 2. The standard InChI is InChI=1S/C13H14ClNO3S/c1-8(16)13(9(2)17)19-7-12(18)15-11-5-3-10(14)4-6-11/h3-6,16H,7H2,1-2H3,(H,15,18)/b13-8-. The first-order valence-electron chi connectivity index (χ1n) is 5.49. The van der Waals surface area contributed by atoms with E-state index >= 15 is 0 Å². The Bertz CT molecular complexity index is 507. The summed E-state index contributed by atoms with van der Waals surface area (Å²) in [6.45, 7) is 2.76. The smallest absolute Gasteiger partial charge is 0.234 e. The normalized spacial score (nSPS) is 11.7. The highest BCUT2D eigenvalue weighted by atomic mass is 35.5. The number of aliphatic hydroxyl groups excluding tert-OH is 1. The van der Waals surface area contributed by atoms with Gasteiger partial charge in [0.15, 0.2) is 5.78 Å². The number of amides is 1. The van der Waals surface area contributed by atoms with E-state index in [4.69, 9.17) is 11.6 Å². The molecular weight excluding hydrogens is 286 g/mol. The number of thioether (sulfide) groups is 1. The second-order valence-electron chi connectivity index (χ2n) is 3.81. The third kappa shape index (κ3) is 5.36. The van der Waals surface area contributed by atoms with Gasteiger partial charge in [-0.05, 0) is 38.1 Å². The molecule has 0 fully saturated rings. The number of ketones is 1. The van der Waals surface area contributed by atoms with Crippen LogP contribution in [-0.2, 0) is 9.59 Å². The van der Waals surface area contributed by atoms with E-state index < -0.39 is 0 Å². The molecule has 0 saturated carbocycles. The average Bonchev–Trinajstić information content (AvgIpc) is 2.31. The molecule has 0 aromatic heterocycles. The van der Waals surface area contributed by atoms with Crippen molar-refractivity contribution in [3.05, 3.63) is 40.0 Å². The number of aliphatic hydroxyl groups is 1. The lowest BCUT2D eigenvalue weighted by molar-refractivity contribution is -0.114. The molecule has 0 heterocycles. The van der Waals surface area contributed by atoms with E-state index in [1.807, 2.05) is 0 Å². The summed E-state index contributed by atoms with van der Waals surface area (Å²) in [5.74, 6) is -0.538. The molecule has 1 rings (SSSR count). The molecule has 0 bridgehead atoms. The van der Waals surface area contributed by atoms with Crippen LogP contribution in [0.5, 0.6) is 0 Å². The van der Waals surface area contributed by atoms with Crippen molar-refractivity contribution in [2.45, 2.75) is 13.8 Å². The van der Waals surface area contributed by atoms with E-state index in [-0.39, 0.29) is 28.1 Å². The molecule has 6 heteroatoms. The Morgan fingerprint density at radius 2 is 1.84 bits per heavy atom. The van der Waals surface area contributed by atoms with E-state index in [2.05, 4.69) is 5.32 Å². The maximum Gasteiger partial charge on any atom is 0.234 e. The summed E-state index contributed by atoms with van der Waals surface area (Å²) in [4.78, 5) is 23.1. The van der Waals surface area contributed by atoms with E-state index in [0.29, 0.717) is 10.7 Å². The van der Waals surface area contributed by atoms with Crippen LogP contribution in [0.1, 0.15) is 13.8 Å². The van der Waals surface area contributed by atoms with Crippen LogP contribution in [0, 0.1) is 0 Å². The predicted octanol–water partition coefficient (Wildman–Crippen LogP) is 3.39. The van der Waals surface area contributed by atoms with Gasteiger partial charge in [0.05, 0.1) is 10.7 Å². The number of Topliss-reactive ketones (excluding diaryl/α,β-unsaturated/α-hetero) is 1. The van der Waals surface area contributed by atoms with Gasteiger partial charge in [0.2, 0.25) is 5.91 Å². The first-order chi connectivity index (χ1) is 8.90. The first-order valence-corrected chi connectivity index (χ1v) is 6.85. The van der Waals surface area contributed by atoms with Gasteiger partial charge in [-0.1, -0.05) is 11.6 Å². The van der Waals surface area contributed by atoms with Crippen molar-refractivity contribution in [2.24, 2.45) is 0 Å². The second-order valence-corrected chi connectivity index (χ2v) is 5.24. The number of hydrogen-bond acceptors (Lipinski definition) is 4. The quantitative estimate of drug-likeness (QED) is 0.646. The molecule has 4 nitrogen and oxygen atoms in total. The lowest BCUT2D eigenvalue weighted by Gasteiger charge is -2.06. The molecule has 0 aliphatic carbocycles. The van der Waals surface area contributed by atoms with Crippen LogP contribution in [-0.4, -0.2) is 22.5 Å². The van der Waals surface area contributed by atoms with Crippen LogP contribution in [0.4, 0.5) is 5.69 Å². The predicted molar refractivity (Wildman–Crippen MR) is 78.5 cm³/mol. The molecule has 0 aliphatic rings. The van der Waals surface area contributed by atoms with Crippen LogP contribution >= 0.6 is 23.4 Å². The second kappa shape index (κ2) is 7.21. The summed E-state index contributed by atoms with van der Waals surface area (Å²) >= 11 is 6.74. The first kappa shape index (κ1) is 15.6. The number of benzene rings is 1. The third-order valence-corrected chi connectivity index (χ3v) is 3.65. The number of halogens is 1. The van der Waals surface area contributed by atoms with E-state index in [1.54, 1.807) is 24.3 Å². The van der Waals surface area contributed by atoms with Gasteiger partial charge in [-0.15, -0.1) is 11.8 Å². The zero-order valence-corrected chi connectivity index (χ0v) is 12.1. The fraction of sp³-hybridized carbons (Fsp3) is 0.231. The highest BCUT2D eigenvalue weighted by Gasteiger charge is 2.11. The number of anilines is 1. The van der Waals surface area contributed by atoms with Crippen LogP contribution in [0.2, 0.25) is 5.02 Å². The molecule has 1 amide bonds. The Kier molecular flexibility index (Phi) is 5.92. The molecule has 0 radical (unpaired) electrons. The molecule has 0 unspecified atom stereocenters. The van der Waals surface area contributed by atoms with Gasteiger partial charge in [0.25, 0.3) is 0 Å². The van der Waals surface area contributed by atoms with Gasteiger partial charge in [-0.3, -0.25) is 9.59 Å². The van der Waals surface area contributed by atoms with Crippen molar-refractivity contribution >= 4 is 40.7 Å². The van der Waals surface area contributed by atoms with E-state index in [0.717, 1.165) is 11.8 Å². The summed E-state index contributed by atoms with van der Waals surface area (Å²) in [6.07, 6.45) is 0. The van der Waals surface area contributed by atoms with Gasteiger partial charge >= 0.3 is 0 Å². The molecular formula is C13H14ClNO3S. The molecule has 0 saturated heterocycles. The molecule has 0 atom stereocenters. The Morgan fingerprint density at radius 1 is 1.26 bits per heavy atom. The van der Waals surface area contributed by atoms with Crippen LogP contribution in [0.3, 0.4) is 0 Å². The van der Waals surface area contributed by atoms with Gasteiger partial charge in [0, 0.05) is 10.7 Å². The highest BCUT2D eigenvalue weighted by Crippen LogP contribution is 2.20. The molecule has 0 spiro atoms. The SMILES string of the molecule is CC(=O)/C(SCC(=O)Nc1ccc(Cl)cc1)=C(\C)O. The van der Waals surface area contributed by atoms with Crippen molar-refractivity contribution in [1.82, 2.24) is 0 Å². The monoisotopic (exact) mass is 299 g/mol. The topological polar surface area (TPSA) is 66.4 Å². The van der Waals surface area contributed by atoms with Crippen LogP contribution in [0.25, 0.3) is 0 Å². The van der Waals surface area contributed by atoms with E-state index in [9.17, 15) is 14.7 Å². The summed E-state index contributed by atoms with van der Waals surface area (Å²) in [5, 5.41) is 12.6. The molecule has 0 aliphatic heterocycles. The Hall–Kier alpha value is -1.46. The van der Waals surface area contributed by atoms with Gasteiger partial charge < -0.3 is 10.4 Å². The Morgan fingerprint density at radius 3 is 2.32 bits per heavy atom. The van der Waals surface area contributed by atoms with Crippen molar-refractivity contribution in [3.63, 3.8) is 0 Å². The summed E-state index contributed by atoms with van der Waals surface area (Å²) in [5.41, 5.74) is 0.629. The minimum atomic E-state index is -0.260. The number of nitrogens with one attached hydrogen (secondary N) is 1. The van der Waals surface area contributed by atoms with E-state index in [1.165, 1.54) is 13.8 Å². The van der Waals surface area contributed by atoms with Crippen molar-refractivity contribution in [3.8, 4) is 0 Å². The molecule has 19 heavy (non-hydrogen) atoms. The fourth-order valence-electron chi connectivity index (χ4n) is 1.33. The summed E-state index contributed by atoms with van der Waals surface area (Å²) in [6, 6.07) is 6.71. The molecule has 102 valence electrons.